The fourth-order valence-electron chi connectivity index (χ4n) is 1.89. The number of hydrogen-bond acceptors (Lipinski definition) is 3. The van der Waals surface area contributed by atoms with Gasteiger partial charge in [0.25, 0.3) is 5.91 Å². The van der Waals surface area contributed by atoms with E-state index < -0.39 is 11.7 Å². The van der Waals surface area contributed by atoms with Crippen molar-refractivity contribution in [3.05, 3.63) is 40.4 Å². The van der Waals surface area contributed by atoms with Crippen LogP contribution in [0.4, 0.5) is 15.8 Å². The molecule has 7 heteroatoms. The molecule has 1 heterocycles. The first-order valence-corrected chi connectivity index (χ1v) is 6.39. The van der Waals surface area contributed by atoms with Crippen molar-refractivity contribution in [2.45, 2.75) is 13.3 Å². The third-order valence-corrected chi connectivity index (χ3v) is 3.19. The SMILES string of the molecule is CCc1nn(C)c(C(=O)Nc2ccc(Cl)c(F)c2)c1N. The highest BCUT2D eigenvalue weighted by Crippen LogP contribution is 2.21. The van der Waals surface area contributed by atoms with E-state index in [0.717, 1.165) is 6.07 Å². The summed E-state index contributed by atoms with van der Waals surface area (Å²) in [4.78, 5) is 12.2. The lowest BCUT2D eigenvalue weighted by Crippen LogP contribution is -2.17. The van der Waals surface area contributed by atoms with Gasteiger partial charge in [-0.05, 0) is 24.6 Å². The minimum Gasteiger partial charge on any atom is -0.395 e. The second kappa shape index (κ2) is 5.50. The zero-order chi connectivity index (χ0) is 14.9. The molecule has 1 aromatic carbocycles. The Kier molecular flexibility index (Phi) is 3.94. The molecule has 0 aliphatic carbocycles. The summed E-state index contributed by atoms with van der Waals surface area (Å²) in [7, 11) is 1.63. The number of amides is 1. The molecule has 0 aliphatic heterocycles. The zero-order valence-corrected chi connectivity index (χ0v) is 11.8. The first-order chi connectivity index (χ1) is 9.43. The molecule has 2 aromatic rings. The number of aryl methyl sites for hydroxylation is 2. The third-order valence-electron chi connectivity index (χ3n) is 2.89. The van der Waals surface area contributed by atoms with E-state index in [9.17, 15) is 9.18 Å². The van der Waals surface area contributed by atoms with Gasteiger partial charge in [0.15, 0.2) is 0 Å². The van der Waals surface area contributed by atoms with Crippen molar-refractivity contribution in [1.82, 2.24) is 9.78 Å². The van der Waals surface area contributed by atoms with Crippen LogP contribution in [0.3, 0.4) is 0 Å². The van der Waals surface area contributed by atoms with Crippen LogP contribution < -0.4 is 11.1 Å². The van der Waals surface area contributed by atoms with Crippen LogP contribution in [0, 0.1) is 5.82 Å². The lowest BCUT2D eigenvalue weighted by molar-refractivity contribution is 0.101. The van der Waals surface area contributed by atoms with Gasteiger partial charge in [-0.2, -0.15) is 5.10 Å². The Balaban J connectivity index is 2.28. The largest absolute Gasteiger partial charge is 0.395 e. The number of rotatable bonds is 3. The van der Waals surface area contributed by atoms with E-state index >= 15 is 0 Å². The summed E-state index contributed by atoms with van der Waals surface area (Å²) in [5.41, 5.74) is 7.42. The van der Waals surface area contributed by atoms with Crippen LogP contribution in [-0.4, -0.2) is 15.7 Å². The molecular formula is C13H14ClFN4O. The minimum absolute atomic E-state index is 0.00341. The number of nitrogen functional groups attached to an aromatic ring is 1. The van der Waals surface area contributed by atoms with Gasteiger partial charge >= 0.3 is 0 Å². The van der Waals surface area contributed by atoms with Gasteiger partial charge in [0, 0.05) is 12.7 Å². The summed E-state index contributed by atoms with van der Waals surface area (Å²) < 4.78 is 14.7. The lowest BCUT2D eigenvalue weighted by Gasteiger charge is -2.07. The maximum Gasteiger partial charge on any atom is 0.276 e. The summed E-state index contributed by atoms with van der Waals surface area (Å²) >= 11 is 5.58. The number of benzene rings is 1. The van der Waals surface area contributed by atoms with Crippen molar-refractivity contribution in [3.63, 3.8) is 0 Å². The maximum atomic E-state index is 13.3. The lowest BCUT2D eigenvalue weighted by atomic mass is 10.2. The number of aromatic nitrogens is 2. The number of anilines is 2. The Morgan fingerprint density at radius 3 is 2.80 bits per heavy atom. The smallest absolute Gasteiger partial charge is 0.276 e. The van der Waals surface area contributed by atoms with Gasteiger partial charge in [-0.25, -0.2) is 4.39 Å². The molecule has 0 unspecified atom stereocenters. The standard InChI is InChI=1S/C13H14ClFN4O/c1-3-10-11(16)12(19(2)18-10)13(20)17-7-4-5-8(14)9(15)6-7/h4-6H,3,16H2,1-2H3,(H,17,20). The van der Waals surface area contributed by atoms with Gasteiger partial charge in [0.1, 0.15) is 11.5 Å². The molecule has 1 aromatic heterocycles. The number of nitrogens with one attached hydrogen (secondary N) is 1. The van der Waals surface area contributed by atoms with Crippen LogP contribution in [0.2, 0.25) is 5.02 Å². The van der Waals surface area contributed by atoms with Crippen LogP contribution in [0.1, 0.15) is 23.1 Å². The normalized spacial score (nSPS) is 10.6. The number of carbonyl (C=O) groups is 1. The van der Waals surface area contributed by atoms with Gasteiger partial charge in [-0.1, -0.05) is 18.5 Å². The highest BCUT2D eigenvalue weighted by Gasteiger charge is 2.19. The molecule has 0 aliphatic rings. The van der Waals surface area contributed by atoms with Crippen molar-refractivity contribution < 1.29 is 9.18 Å². The topological polar surface area (TPSA) is 72.9 Å². The van der Waals surface area contributed by atoms with Gasteiger partial charge in [-0.15, -0.1) is 0 Å². The van der Waals surface area contributed by atoms with Crippen LogP contribution in [-0.2, 0) is 13.5 Å². The Bertz CT molecular complexity index is 669. The summed E-state index contributed by atoms with van der Waals surface area (Å²) in [6.45, 7) is 1.90. The number of carbonyl (C=O) groups excluding carboxylic acids is 1. The minimum atomic E-state index is -0.600. The number of nitrogens with two attached hydrogens (primary N) is 1. The Morgan fingerprint density at radius 1 is 1.55 bits per heavy atom. The maximum absolute atomic E-state index is 13.3. The molecule has 0 bridgehead atoms. The molecule has 0 atom stereocenters. The molecule has 0 spiro atoms. The van der Waals surface area contributed by atoms with Crippen molar-refractivity contribution in [2.24, 2.45) is 7.05 Å². The Morgan fingerprint density at radius 2 is 2.25 bits per heavy atom. The summed E-state index contributed by atoms with van der Waals surface area (Å²) in [5, 5.41) is 6.72. The van der Waals surface area contributed by atoms with Crippen molar-refractivity contribution >= 4 is 28.9 Å². The van der Waals surface area contributed by atoms with Crippen LogP contribution >= 0.6 is 11.6 Å². The van der Waals surface area contributed by atoms with Crippen LogP contribution in [0.5, 0.6) is 0 Å². The molecule has 2 rings (SSSR count). The molecule has 5 nitrogen and oxygen atoms in total. The molecule has 106 valence electrons. The Labute approximate surface area is 120 Å². The summed E-state index contributed by atoms with van der Waals surface area (Å²) in [6.07, 6.45) is 0.628. The van der Waals surface area contributed by atoms with E-state index in [1.807, 2.05) is 6.92 Å². The van der Waals surface area contributed by atoms with Gasteiger partial charge in [0.05, 0.1) is 16.4 Å². The zero-order valence-electron chi connectivity index (χ0n) is 11.1. The highest BCUT2D eigenvalue weighted by atomic mass is 35.5. The van der Waals surface area contributed by atoms with Crippen LogP contribution in [0.25, 0.3) is 0 Å². The van der Waals surface area contributed by atoms with E-state index in [1.165, 1.54) is 16.8 Å². The van der Waals surface area contributed by atoms with Gasteiger partial charge in [-0.3, -0.25) is 9.48 Å². The van der Waals surface area contributed by atoms with E-state index in [2.05, 4.69) is 10.4 Å². The molecule has 0 radical (unpaired) electrons. The molecule has 0 fully saturated rings. The second-order valence-corrected chi connectivity index (χ2v) is 4.68. The average Bonchev–Trinajstić information content (AvgIpc) is 2.68. The number of halogens is 2. The van der Waals surface area contributed by atoms with E-state index in [1.54, 1.807) is 7.05 Å². The van der Waals surface area contributed by atoms with E-state index in [0.29, 0.717) is 23.5 Å². The first kappa shape index (κ1) is 14.3. The second-order valence-electron chi connectivity index (χ2n) is 4.27. The quantitative estimate of drug-likeness (QED) is 0.914. The van der Waals surface area contributed by atoms with E-state index in [-0.39, 0.29) is 10.7 Å². The first-order valence-electron chi connectivity index (χ1n) is 6.01. The molecule has 0 saturated heterocycles. The monoisotopic (exact) mass is 296 g/mol. The van der Waals surface area contributed by atoms with Gasteiger partial charge < -0.3 is 11.1 Å². The van der Waals surface area contributed by atoms with Crippen molar-refractivity contribution in [1.29, 1.82) is 0 Å². The third kappa shape index (κ3) is 2.60. The summed E-state index contributed by atoms with van der Waals surface area (Å²) in [5.74, 6) is -1.05. The molecule has 20 heavy (non-hydrogen) atoms. The number of hydrogen-bond donors (Lipinski definition) is 2. The van der Waals surface area contributed by atoms with Gasteiger partial charge in [0.2, 0.25) is 0 Å². The summed E-state index contributed by atoms with van der Waals surface area (Å²) in [6, 6.07) is 4.03. The van der Waals surface area contributed by atoms with Crippen molar-refractivity contribution in [3.8, 4) is 0 Å². The van der Waals surface area contributed by atoms with Crippen molar-refractivity contribution in [2.75, 3.05) is 11.1 Å². The highest BCUT2D eigenvalue weighted by molar-refractivity contribution is 6.30. The molecular weight excluding hydrogens is 283 g/mol. The molecule has 3 N–H and O–H groups in total. The predicted octanol–water partition coefficient (Wildman–Crippen LogP) is 2.61. The average molecular weight is 297 g/mol. The molecule has 1 amide bonds. The molecule has 0 saturated carbocycles. The fraction of sp³-hybridized carbons (Fsp3) is 0.231. The van der Waals surface area contributed by atoms with E-state index in [4.69, 9.17) is 17.3 Å². The fourth-order valence-corrected chi connectivity index (χ4v) is 2.01. The Hall–Kier alpha value is -2.08. The number of nitrogens with zero attached hydrogens (tertiary/aromatic N) is 2. The van der Waals surface area contributed by atoms with Crippen LogP contribution in [0.15, 0.2) is 18.2 Å². The predicted molar refractivity (Wildman–Crippen MR) is 76.4 cm³/mol.